The molecule has 0 aliphatic carbocycles. The second-order valence-electron chi connectivity index (χ2n) is 6.00. The Labute approximate surface area is 120 Å². The SMILES string of the molecule is CCN1CCC(O)C(Cc2cn(C)c3ccccc23)C1. The summed E-state index contributed by atoms with van der Waals surface area (Å²) >= 11 is 0. The van der Waals surface area contributed by atoms with Gasteiger partial charge in [0.15, 0.2) is 0 Å². The number of aryl methyl sites for hydroxylation is 1. The van der Waals surface area contributed by atoms with Gasteiger partial charge in [0.1, 0.15) is 0 Å². The Balaban J connectivity index is 1.85. The second-order valence-corrected chi connectivity index (χ2v) is 6.00. The molecule has 2 heterocycles. The second kappa shape index (κ2) is 5.58. The Hall–Kier alpha value is -1.32. The van der Waals surface area contributed by atoms with Crippen molar-refractivity contribution in [3.05, 3.63) is 36.0 Å². The van der Waals surface area contributed by atoms with E-state index in [1.54, 1.807) is 0 Å². The third-order valence-electron chi connectivity index (χ3n) is 4.69. The highest BCUT2D eigenvalue weighted by Gasteiger charge is 2.27. The highest BCUT2D eigenvalue weighted by Crippen LogP contribution is 2.27. The molecule has 1 aliphatic rings. The molecule has 1 aromatic carbocycles. The Bertz CT molecular complexity index is 590. The average molecular weight is 272 g/mol. The van der Waals surface area contributed by atoms with Gasteiger partial charge < -0.3 is 14.6 Å². The van der Waals surface area contributed by atoms with Crippen molar-refractivity contribution in [3.8, 4) is 0 Å². The molecular weight excluding hydrogens is 248 g/mol. The first-order valence-electron chi connectivity index (χ1n) is 7.62. The van der Waals surface area contributed by atoms with Gasteiger partial charge in [0.05, 0.1) is 6.10 Å². The largest absolute Gasteiger partial charge is 0.393 e. The molecule has 2 unspecified atom stereocenters. The molecule has 0 bridgehead atoms. The van der Waals surface area contributed by atoms with Crippen LogP contribution in [-0.4, -0.2) is 40.3 Å². The minimum Gasteiger partial charge on any atom is -0.393 e. The summed E-state index contributed by atoms with van der Waals surface area (Å²) < 4.78 is 2.19. The van der Waals surface area contributed by atoms with Crippen LogP contribution in [0.15, 0.2) is 30.5 Å². The molecular formula is C17H24N2O. The van der Waals surface area contributed by atoms with Crippen LogP contribution in [-0.2, 0) is 13.5 Å². The van der Waals surface area contributed by atoms with Crippen molar-refractivity contribution < 1.29 is 5.11 Å². The number of piperidine rings is 1. The monoisotopic (exact) mass is 272 g/mol. The van der Waals surface area contributed by atoms with E-state index in [-0.39, 0.29) is 6.10 Å². The Kier molecular flexibility index (Phi) is 3.81. The number of para-hydroxylation sites is 1. The number of nitrogens with zero attached hydrogens (tertiary/aromatic N) is 2. The van der Waals surface area contributed by atoms with Crippen LogP contribution in [0.3, 0.4) is 0 Å². The number of aliphatic hydroxyl groups is 1. The summed E-state index contributed by atoms with van der Waals surface area (Å²) in [6.07, 6.45) is 3.95. The number of hydrogen-bond acceptors (Lipinski definition) is 2. The number of likely N-dealkylation sites (tertiary alicyclic amines) is 1. The van der Waals surface area contributed by atoms with Gasteiger partial charge in [-0.2, -0.15) is 0 Å². The summed E-state index contributed by atoms with van der Waals surface area (Å²) in [6, 6.07) is 8.54. The van der Waals surface area contributed by atoms with E-state index in [0.29, 0.717) is 5.92 Å². The maximum absolute atomic E-state index is 10.3. The first kappa shape index (κ1) is 13.7. The van der Waals surface area contributed by atoms with Gasteiger partial charge in [0.2, 0.25) is 0 Å². The van der Waals surface area contributed by atoms with E-state index < -0.39 is 0 Å². The van der Waals surface area contributed by atoms with E-state index in [2.05, 4.69) is 53.9 Å². The quantitative estimate of drug-likeness (QED) is 0.929. The molecule has 1 N–H and O–H groups in total. The third kappa shape index (κ3) is 2.48. The van der Waals surface area contributed by atoms with Gasteiger partial charge in [-0.1, -0.05) is 25.1 Å². The van der Waals surface area contributed by atoms with E-state index >= 15 is 0 Å². The van der Waals surface area contributed by atoms with E-state index in [1.165, 1.54) is 16.5 Å². The lowest BCUT2D eigenvalue weighted by atomic mass is 9.88. The van der Waals surface area contributed by atoms with Gasteiger partial charge in [0.25, 0.3) is 0 Å². The van der Waals surface area contributed by atoms with Crippen molar-refractivity contribution >= 4 is 10.9 Å². The number of benzene rings is 1. The lowest BCUT2D eigenvalue weighted by Crippen LogP contribution is -2.43. The van der Waals surface area contributed by atoms with Crippen LogP contribution < -0.4 is 0 Å². The molecule has 3 nitrogen and oxygen atoms in total. The maximum atomic E-state index is 10.3. The van der Waals surface area contributed by atoms with Crippen LogP contribution in [0.5, 0.6) is 0 Å². The van der Waals surface area contributed by atoms with Crippen LogP contribution in [0.1, 0.15) is 18.9 Å². The van der Waals surface area contributed by atoms with Crippen molar-refractivity contribution in [2.75, 3.05) is 19.6 Å². The first-order chi connectivity index (χ1) is 9.69. The van der Waals surface area contributed by atoms with Gasteiger partial charge >= 0.3 is 0 Å². The minimum absolute atomic E-state index is 0.156. The average Bonchev–Trinajstić information content (AvgIpc) is 2.78. The molecule has 2 atom stereocenters. The van der Waals surface area contributed by atoms with Crippen molar-refractivity contribution in [2.45, 2.75) is 25.9 Å². The minimum atomic E-state index is -0.156. The number of fused-ring (bicyclic) bond motifs is 1. The first-order valence-corrected chi connectivity index (χ1v) is 7.62. The number of rotatable bonds is 3. The van der Waals surface area contributed by atoms with E-state index in [9.17, 15) is 5.11 Å². The fourth-order valence-electron chi connectivity index (χ4n) is 3.45. The Morgan fingerprint density at radius 3 is 2.90 bits per heavy atom. The van der Waals surface area contributed by atoms with Crippen LogP contribution in [0.2, 0.25) is 0 Å². The zero-order chi connectivity index (χ0) is 14.1. The third-order valence-corrected chi connectivity index (χ3v) is 4.69. The van der Waals surface area contributed by atoms with E-state index in [4.69, 9.17) is 0 Å². The summed E-state index contributed by atoms with van der Waals surface area (Å²) in [5, 5.41) is 11.6. The zero-order valence-corrected chi connectivity index (χ0v) is 12.4. The van der Waals surface area contributed by atoms with Gasteiger partial charge in [-0.05, 0) is 31.0 Å². The number of aliphatic hydroxyl groups excluding tert-OH is 1. The predicted molar refractivity (Wildman–Crippen MR) is 82.9 cm³/mol. The van der Waals surface area contributed by atoms with Crippen LogP contribution in [0, 0.1) is 5.92 Å². The number of hydrogen-bond donors (Lipinski definition) is 1. The molecule has 1 saturated heterocycles. The molecule has 1 fully saturated rings. The van der Waals surface area contributed by atoms with Crippen LogP contribution in [0.4, 0.5) is 0 Å². The normalized spacial score (nSPS) is 24.4. The van der Waals surface area contributed by atoms with Gasteiger partial charge in [0, 0.05) is 43.2 Å². The molecule has 20 heavy (non-hydrogen) atoms. The van der Waals surface area contributed by atoms with E-state index in [0.717, 1.165) is 32.5 Å². The van der Waals surface area contributed by atoms with Gasteiger partial charge in [-0.3, -0.25) is 0 Å². The fourth-order valence-corrected chi connectivity index (χ4v) is 3.45. The standard InChI is InChI=1S/C17H24N2O/c1-3-19-9-8-17(20)14(12-19)10-13-11-18(2)16-7-5-4-6-15(13)16/h4-7,11,14,17,20H,3,8-10,12H2,1-2H3. The number of aromatic nitrogens is 1. The van der Waals surface area contributed by atoms with E-state index in [1.807, 2.05) is 0 Å². The highest BCUT2D eigenvalue weighted by molar-refractivity contribution is 5.83. The Morgan fingerprint density at radius 2 is 2.10 bits per heavy atom. The maximum Gasteiger partial charge on any atom is 0.0596 e. The van der Waals surface area contributed by atoms with Crippen molar-refractivity contribution in [1.82, 2.24) is 9.47 Å². The summed E-state index contributed by atoms with van der Waals surface area (Å²) in [5.41, 5.74) is 2.64. The molecule has 1 aromatic heterocycles. The molecule has 0 saturated carbocycles. The lowest BCUT2D eigenvalue weighted by molar-refractivity contribution is 0.0291. The molecule has 0 spiro atoms. The summed E-state index contributed by atoms with van der Waals surface area (Å²) in [7, 11) is 2.10. The molecule has 2 aromatic rings. The van der Waals surface area contributed by atoms with Crippen LogP contribution in [0.25, 0.3) is 10.9 Å². The summed E-state index contributed by atoms with van der Waals surface area (Å²) in [4.78, 5) is 2.45. The molecule has 0 amide bonds. The van der Waals surface area contributed by atoms with Crippen molar-refractivity contribution in [1.29, 1.82) is 0 Å². The van der Waals surface area contributed by atoms with Gasteiger partial charge in [-0.25, -0.2) is 0 Å². The smallest absolute Gasteiger partial charge is 0.0596 e. The highest BCUT2D eigenvalue weighted by atomic mass is 16.3. The van der Waals surface area contributed by atoms with Crippen molar-refractivity contribution in [2.24, 2.45) is 13.0 Å². The Morgan fingerprint density at radius 1 is 1.30 bits per heavy atom. The zero-order valence-electron chi connectivity index (χ0n) is 12.4. The fraction of sp³-hybridized carbons (Fsp3) is 0.529. The van der Waals surface area contributed by atoms with Crippen molar-refractivity contribution in [3.63, 3.8) is 0 Å². The lowest BCUT2D eigenvalue weighted by Gasteiger charge is -2.35. The molecule has 3 rings (SSSR count). The van der Waals surface area contributed by atoms with Crippen LogP contribution >= 0.6 is 0 Å². The molecule has 108 valence electrons. The molecule has 0 radical (unpaired) electrons. The summed E-state index contributed by atoms with van der Waals surface area (Å²) in [6.45, 7) is 5.33. The predicted octanol–water partition coefficient (Wildman–Crippen LogP) is 2.42. The topological polar surface area (TPSA) is 28.4 Å². The molecule has 3 heteroatoms. The summed E-state index contributed by atoms with van der Waals surface area (Å²) in [5.74, 6) is 0.356. The van der Waals surface area contributed by atoms with Gasteiger partial charge in [-0.15, -0.1) is 0 Å². The molecule has 1 aliphatic heterocycles.